The maximum Gasteiger partial charge on any atom is 0.253 e. The van der Waals surface area contributed by atoms with E-state index in [2.05, 4.69) is 20.6 Å². The Labute approximate surface area is 129 Å². The van der Waals surface area contributed by atoms with E-state index in [1.54, 1.807) is 19.3 Å². The summed E-state index contributed by atoms with van der Waals surface area (Å²) in [6.45, 7) is 0. The Hall–Kier alpha value is -2.21. The van der Waals surface area contributed by atoms with E-state index < -0.39 is 0 Å². The number of carbonyl (C=O) groups excluding carboxylic acids is 1. The molecule has 116 valence electrons. The molecule has 1 aromatic carbocycles. The predicted octanol–water partition coefficient (Wildman–Crippen LogP) is 1.70. The van der Waals surface area contributed by atoms with Gasteiger partial charge < -0.3 is 15.7 Å². The molecule has 1 heterocycles. The van der Waals surface area contributed by atoms with E-state index in [4.69, 9.17) is 0 Å². The summed E-state index contributed by atoms with van der Waals surface area (Å²) in [5, 5.41) is 16.3. The van der Waals surface area contributed by atoms with Crippen LogP contribution in [0.15, 0.2) is 24.4 Å². The molecule has 0 radical (unpaired) electrons. The Morgan fingerprint density at radius 2 is 2.05 bits per heavy atom. The van der Waals surface area contributed by atoms with Crippen LogP contribution in [0.3, 0.4) is 0 Å². The second-order valence-electron chi connectivity index (χ2n) is 5.67. The van der Waals surface area contributed by atoms with Crippen LogP contribution in [-0.4, -0.2) is 40.2 Å². The highest BCUT2D eigenvalue weighted by Gasteiger charge is 2.20. The summed E-state index contributed by atoms with van der Waals surface area (Å²) >= 11 is 0. The zero-order valence-electron chi connectivity index (χ0n) is 12.5. The predicted molar refractivity (Wildman–Crippen MR) is 84.8 cm³/mol. The number of aromatic nitrogens is 2. The van der Waals surface area contributed by atoms with Crippen molar-refractivity contribution in [2.75, 3.05) is 12.4 Å². The Kier molecular flexibility index (Phi) is 4.20. The van der Waals surface area contributed by atoms with Crippen molar-refractivity contribution >= 4 is 22.8 Å². The third kappa shape index (κ3) is 3.01. The molecule has 2 aromatic rings. The number of benzene rings is 1. The first kappa shape index (κ1) is 14.7. The zero-order valence-corrected chi connectivity index (χ0v) is 12.5. The van der Waals surface area contributed by atoms with Crippen molar-refractivity contribution in [2.24, 2.45) is 0 Å². The number of rotatable bonds is 3. The van der Waals surface area contributed by atoms with Crippen molar-refractivity contribution < 1.29 is 9.90 Å². The van der Waals surface area contributed by atoms with Gasteiger partial charge in [0.1, 0.15) is 0 Å². The van der Waals surface area contributed by atoms with Crippen LogP contribution in [0.1, 0.15) is 36.0 Å². The summed E-state index contributed by atoms with van der Waals surface area (Å²) in [4.78, 5) is 20.8. The highest BCUT2D eigenvalue weighted by Crippen LogP contribution is 2.22. The fourth-order valence-electron chi connectivity index (χ4n) is 2.85. The number of nitrogens with zero attached hydrogens (tertiary/aromatic N) is 2. The van der Waals surface area contributed by atoms with Crippen molar-refractivity contribution in [3.8, 4) is 0 Å². The van der Waals surface area contributed by atoms with E-state index in [-0.39, 0.29) is 18.1 Å². The second-order valence-corrected chi connectivity index (χ2v) is 5.67. The maximum atomic E-state index is 11.9. The minimum atomic E-state index is -0.185. The van der Waals surface area contributed by atoms with Gasteiger partial charge in [0.25, 0.3) is 5.91 Å². The van der Waals surface area contributed by atoms with Crippen molar-refractivity contribution in [1.29, 1.82) is 0 Å². The Morgan fingerprint density at radius 3 is 2.77 bits per heavy atom. The molecular weight excluding hydrogens is 280 g/mol. The summed E-state index contributed by atoms with van der Waals surface area (Å²) in [6, 6.07) is 5.75. The Balaban J connectivity index is 1.87. The van der Waals surface area contributed by atoms with E-state index in [0.717, 1.165) is 31.1 Å². The number of fused-ring (bicyclic) bond motifs is 1. The largest absolute Gasteiger partial charge is 0.393 e. The number of hydrogen-bond acceptors (Lipinski definition) is 5. The lowest BCUT2D eigenvalue weighted by atomic mass is 9.93. The lowest BCUT2D eigenvalue weighted by molar-refractivity contribution is 0.0964. The normalized spacial score (nSPS) is 21.5. The van der Waals surface area contributed by atoms with Gasteiger partial charge in [-0.15, -0.1) is 0 Å². The van der Waals surface area contributed by atoms with Crippen LogP contribution in [0.25, 0.3) is 10.9 Å². The first-order valence-corrected chi connectivity index (χ1v) is 7.60. The summed E-state index contributed by atoms with van der Waals surface area (Å²) in [6.07, 6.45) is 4.95. The van der Waals surface area contributed by atoms with Crippen LogP contribution in [-0.2, 0) is 0 Å². The summed E-state index contributed by atoms with van der Waals surface area (Å²) in [5.74, 6) is 0.376. The van der Waals surface area contributed by atoms with Crippen LogP contribution in [0.2, 0.25) is 0 Å². The molecule has 0 atom stereocenters. The molecule has 1 aliphatic rings. The molecule has 6 heteroatoms. The molecule has 0 aliphatic heterocycles. The van der Waals surface area contributed by atoms with Gasteiger partial charge in [0.05, 0.1) is 17.2 Å². The van der Waals surface area contributed by atoms with Crippen LogP contribution < -0.4 is 10.6 Å². The molecule has 1 amide bonds. The van der Waals surface area contributed by atoms with Gasteiger partial charge in [-0.1, -0.05) is 12.1 Å². The lowest BCUT2D eigenvalue weighted by Gasteiger charge is -2.26. The van der Waals surface area contributed by atoms with Crippen molar-refractivity contribution in [3.63, 3.8) is 0 Å². The van der Waals surface area contributed by atoms with E-state index >= 15 is 0 Å². The Morgan fingerprint density at radius 1 is 1.27 bits per heavy atom. The van der Waals surface area contributed by atoms with E-state index in [1.807, 2.05) is 12.1 Å². The van der Waals surface area contributed by atoms with Gasteiger partial charge >= 0.3 is 0 Å². The number of para-hydroxylation sites is 1. The molecule has 0 spiro atoms. The van der Waals surface area contributed by atoms with Gasteiger partial charge in [0, 0.05) is 24.7 Å². The molecule has 0 saturated heterocycles. The second kappa shape index (κ2) is 6.27. The van der Waals surface area contributed by atoms with Crippen LogP contribution in [0, 0.1) is 0 Å². The Bertz CT molecular complexity index is 681. The number of aliphatic hydroxyl groups excluding tert-OH is 1. The number of carbonyl (C=O) groups is 1. The first-order valence-electron chi connectivity index (χ1n) is 7.60. The van der Waals surface area contributed by atoms with Gasteiger partial charge in [0.2, 0.25) is 5.95 Å². The van der Waals surface area contributed by atoms with Crippen LogP contribution in [0.5, 0.6) is 0 Å². The maximum absolute atomic E-state index is 11.9. The lowest BCUT2D eigenvalue weighted by Crippen LogP contribution is -2.29. The average molecular weight is 300 g/mol. The standard InChI is InChI=1S/C16H20N4O2/c1-17-15(22)13-4-2-3-10-9-18-16(20-14(10)13)19-11-5-7-12(21)8-6-11/h2-4,9,11-12,21H,5-8H2,1H3,(H,17,22)(H,18,19,20). The van der Waals surface area contributed by atoms with Crippen LogP contribution >= 0.6 is 0 Å². The summed E-state index contributed by atoms with van der Waals surface area (Å²) in [5.41, 5.74) is 1.19. The molecule has 1 saturated carbocycles. The summed E-state index contributed by atoms with van der Waals surface area (Å²) in [7, 11) is 1.61. The quantitative estimate of drug-likeness (QED) is 0.803. The molecule has 1 aromatic heterocycles. The van der Waals surface area contributed by atoms with Crippen molar-refractivity contribution in [1.82, 2.24) is 15.3 Å². The van der Waals surface area contributed by atoms with Crippen LogP contribution in [0.4, 0.5) is 5.95 Å². The third-order valence-corrected chi connectivity index (χ3v) is 4.11. The molecule has 0 bridgehead atoms. The summed E-state index contributed by atoms with van der Waals surface area (Å²) < 4.78 is 0. The fourth-order valence-corrected chi connectivity index (χ4v) is 2.85. The molecule has 0 unspecified atom stereocenters. The fraction of sp³-hybridized carbons (Fsp3) is 0.438. The van der Waals surface area contributed by atoms with Gasteiger partial charge in [-0.3, -0.25) is 4.79 Å². The number of nitrogens with one attached hydrogen (secondary N) is 2. The number of amides is 1. The molecule has 1 aliphatic carbocycles. The molecule has 22 heavy (non-hydrogen) atoms. The molecule has 3 rings (SSSR count). The monoisotopic (exact) mass is 300 g/mol. The highest BCUT2D eigenvalue weighted by molar-refractivity contribution is 6.05. The average Bonchev–Trinajstić information content (AvgIpc) is 2.55. The number of anilines is 1. The van der Waals surface area contributed by atoms with Gasteiger partial charge in [0.15, 0.2) is 0 Å². The molecule has 6 nitrogen and oxygen atoms in total. The van der Waals surface area contributed by atoms with E-state index in [0.29, 0.717) is 17.0 Å². The minimum Gasteiger partial charge on any atom is -0.393 e. The van der Waals surface area contributed by atoms with Crippen molar-refractivity contribution in [3.05, 3.63) is 30.0 Å². The zero-order chi connectivity index (χ0) is 15.5. The molecule has 1 fully saturated rings. The van der Waals surface area contributed by atoms with Gasteiger partial charge in [-0.05, 0) is 31.7 Å². The molecular formula is C16H20N4O2. The third-order valence-electron chi connectivity index (χ3n) is 4.11. The van der Waals surface area contributed by atoms with Gasteiger partial charge in [-0.2, -0.15) is 0 Å². The van der Waals surface area contributed by atoms with E-state index in [9.17, 15) is 9.90 Å². The highest BCUT2D eigenvalue weighted by atomic mass is 16.3. The van der Waals surface area contributed by atoms with Crippen molar-refractivity contribution in [2.45, 2.75) is 37.8 Å². The van der Waals surface area contributed by atoms with Gasteiger partial charge in [-0.25, -0.2) is 9.97 Å². The smallest absolute Gasteiger partial charge is 0.253 e. The number of hydrogen-bond donors (Lipinski definition) is 3. The minimum absolute atomic E-state index is 0.156. The topological polar surface area (TPSA) is 87.1 Å². The first-order chi connectivity index (χ1) is 10.7. The van der Waals surface area contributed by atoms with E-state index in [1.165, 1.54) is 0 Å². The molecule has 3 N–H and O–H groups in total. The SMILES string of the molecule is CNC(=O)c1cccc2cnc(NC3CCC(O)CC3)nc12. The number of aliphatic hydroxyl groups is 1.